The van der Waals surface area contributed by atoms with Crippen LogP contribution in [0.25, 0.3) is 10.1 Å². The number of benzene rings is 1. The van der Waals surface area contributed by atoms with Crippen molar-refractivity contribution in [1.29, 1.82) is 0 Å². The minimum absolute atomic E-state index is 0.354. The van der Waals surface area contributed by atoms with E-state index in [1.54, 1.807) is 19.1 Å². The lowest BCUT2D eigenvalue weighted by Gasteiger charge is -2.14. The standard InChI is InChI=1S/C15H9BrO3/c1-8-7-19-15-10(8)13(17)14(18)11(12(15)16)9-5-3-2-4-6-9/h2-7H,1H3. The van der Waals surface area contributed by atoms with Gasteiger partial charge in [0.1, 0.15) is 0 Å². The third-order valence-electron chi connectivity index (χ3n) is 3.12. The van der Waals surface area contributed by atoms with Crippen LogP contribution in [0.15, 0.2) is 41.0 Å². The van der Waals surface area contributed by atoms with Gasteiger partial charge in [-0.05, 0) is 34.0 Å². The molecule has 0 saturated heterocycles. The van der Waals surface area contributed by atoms with Crippen molar-refractivity contribution in [2.24, 2.45) is 0 Å². The number of hydrogen-bond donors (Lipinski definition) is 0. The number of allylic oxidation sites excluding steroid dienone is 1. The molecule has 1 heterocycles. The molecule has 0 amide bonds. The highest BCUT2D eigenvalue weighted by Crippen LogP contribution is 2.40. The number of rotatable bonds is 1. The number of aryl methyl sites for hydroxylation is 1. The molecule has 0 N–H and O–H groups in total. The van der Waals surface area contributed by atoms with E-state index in [0.717, 1.165) is 0 Å². The molecule has 4 heteroatoms. The Morgan fingerprint density at radius 1 is 1.05 bits per heavy atom. The number of hydrogen-bond acceptors (Lipinski definition) is 3. The predicted octanol–water partition coefficient (Wildman–Crippen LogP) is 3.62. The van der Waals surface area contributed by atoms with E-state index in [9.17, 15) is 9.59 Å². The minimum Gasteiger partial charge on any atom is -0.463 e. The number of carbonyl (C=O) groups is 2. The molecule has 1 aliphatic rings. The maximum Gasteiger partial charge on any atom is 0.237 e. The van der Waals surface area contributed by atoms with Crippen LogP contribution in [0.1, 0.15) is 27.2 Å². The summed E-state index contributed by atoms with van der Waals surface area (Å²) < 4.78 is 5.93. The second-order valence-corrected chi connectivity index (χ2v) is 5.13. The SMILES string of the molecule is Cc1coc2c1C(=O)C(=O)C(c1ccccc1)=C2Br. The summed E-state index contributed by atoms with van der Waals surface area (Å²) in [6.07, 6.45) is 1.49. The van der Waals surface area contributed by atoms with E-state index in [1.165, 1.54) is 6.26 Å². The largest absolute Gasteiger partial charge is 0.463 e. The molecule has 3 nitrogen and oxygen atoms in total. The van der Waals surface area contributed by atoms with Gasteiger partial charge in [-0.3, -0.25) is 9.59 Å². The summed E-state index contributed by atoms with van der Waals surface area (Å²) in [5.74, 6) is -0.584. The summed E-state index contributed by atoms with van der Waals surface area (Å²) in [5, 5.41) is 0. The molecule has 0 saturated carbocycles. The van der Waals surface area contributed by atoms with E-state index in [0.29, 0.717) is 32.5 Å². The predicted molar refractivity (Wildman–Crippen MR) is 75.0 cm³/mol. The molecule has 0 aliphatic heterocycles. The van der Waals surface area contributed by atoms with Crippen LogP contribution < -0.4 is 0 Å². The van der Waals surface area contributed by atoms with Crippen LogP contribution in [0.5, 0.6) is 0 Å². The highest BCUT2D eigenvalue weighted by molar-refractivity contribution is 9.15. The Morgan fingerprint density at radius 2 is 1.74 bits per heavy atom. The smallest absolute Gasteiger partial charge is 0.237 e. The zero-order valence-electron chi connectivity index (χ0n) is 10.1. The fourth-order valence-corrected chi connectivity index (χ4v) is 2.89. The number of furan rings is 1. The zero-order chi connectivity index (χ0) is 13.6. The Hall–Kier alpha value is -1.94. The molecule has 0 atom stereocenters. The van der Waals surface area contributed by atoms with E-state index >= 15 is 0 Å². The fourth-order valence-electron chi connectivity index (χ4n) is 2.19. The molecular formula is C15H9BrO3. The maximum absolute atomic E-state index is 12.3. The number of carbonyl (C=O) groups excluding carboxylic acids is 2. The van der Waals surface area contributed by atoms with Crippen LogP contribution in [-0.2, 0) is 4.79 Å². The van der Waals surface area contributed by atoms with Gasteiger partial charge in [-0.25, -0.2) is 0 Å². The molecule has 1 aromatic heterocycles. The Kier molecular flexibility index (Phi) is 2.75. The number of halogens is 1. The molecule has 0 fully saturated rings. The summed E-state index contributed by atoms with van der Waals surface area (Å²) in [6, 6.07) is 9.09. The molecular weight excluding hydrogens is 308 g/mol. The first-order valence-corrected chi connectivity index (χ1v) is 6.53. The van der Waals surface area contributed by atoms with Crippen molar-refractivity contribution in [1.82, 2.24) is 0 Å². The van der Waals surface area contributed by atoms with E-state index in [2.05, 4.69) is 15.9 Å². The highest BCUT2D eigenvalue weighted by Gasteiger charge is 2.36. The first-order valence-electron chi connectivity index (χ1n) is 5.74. The maximum atomic E-state index is 12.3. The Bertz CT molecular complexity index is 723. The van der Waals surface area contributed by atoms with Gasteiger partial charge in [0.15, 0.2) is 5.76 Å². The topological polar surface area (TPSA) is 47.3 Å². The number of ketones is 2. The van der Waals surface area contributed by atoms with Crippen molar-refractivity contribution in [3.8, 4) is 0 Å². The summed E-state index contributed by atoms with van der Waals surface area (Å²) in [4.78, 5) is 24.4. The summed E-state index contributed by atoms with van der Waals surface area (Å²) in [7, 11) is 0. The summed E-state index contributed by atoms with van der Waals surface area (Å²) in [6.45, 7) is 1.75. The van der Waals surface area contributed by atoms with Crippen molar-refractivity contribution >= 4 is 37.6 Å². The molecule has 0 radical (unpaired) electrons. The van der Waals surface area contributed by atoms with Crippen molar-refractivity contribution in [2.75, 3.05) is 0 Å². The number of fused-ring (bicyclic) bond motifs is 1. The molecule has 0 spiro atoms. The van der Waals surface area contributed by atoms with Gasteiger partial charge in [-0.1, -0.05) is 30.3 Å². The lowest BCUT2D eigenvalue weighted by Crippen LogP contribution is -2.21. The first kappa shape index (κ1) is 12.1. The second kappa shape index (κ2) is 4.31. The summed E-state index contributed by atoms with van der Waals surface area (Å²) in [5.41, 5.74) is 2.09. The Morgan fingerprint density at radius 3 is 2.42 bits per heavy atom. The first-order chi connectivity index (χ1) is 9.11. The molecule has 1 aliphatic carbocycles. The Labute approximate surface area is 118 Å². The third-order valence-corrected chi connectivity index (χ3v) is 3.87. The van der Waals surface area contributed by atoms with Gasteiger partial charge >= 0.3 is 0 Å². The second-order valence-electron chi connectivity index (χ2n) is 4.34. The van der Waals surface area contributed by atoms with Gasteiger partial charge < -0.3 is 4.42 Å². The lowest BCUT2D eigenvalue weighted by molar-refractivity contribution is -0.110. The number of Topliss-reactive ketones (excluding diaryl/α,β-unsaturated/α-hetero) is 2. The molecule has 3 rings (SSSR count). The van der Waals surface area contributed by atoms with E-state index in [4.69, 9.17) is 4.42 Å². The van der Waals surface area contributed by atoms with Crippen LogP contribution in [-0.4, -0.2) is 11.6 Å². The normalized spacial score (nSPS) is 14.8. The Balaban J connectivity index is 2.30. The van der Waals surface area contributed by atoms with Crippen LogP contribution in [0.2, 0.25) is 0 Å². The van der Waals surface area contributed by atoms with Gasteiger partial charge in [0.25, 0.3) is 0 Å². The van der Waals surface area contributed by atoms with E-state index in [1.807, 2.05) is 18.2 Å². The van der Waals surface area contributed by atoms with Crippen molar-refractivity contribution < 1.29 is 14.0 Å². The highest BCUT2D eigenvalue weighted by atomic mass is 79.9. The van der Waals surface area contributed by atoms with Crippen LogP contribution in [0, 0.1) is 6.92 Å². The van der Waals surface area contributed by atoms with Crippen LogP contribution >= 0.6 is 15.9 Å². The fraction of sp³-hybridized carbons (Fsp3) is 0.0667. The van der Waals surface area contributed by atoms with Gasteiger partial charge in [0.2, 0.25) is 11.6 Å². The van der Waals surface area contributed by atoms with E-state index in [-0.39, 0.29) is 0 Å². The lowest BCUT2D eigenvalue weighted by atomic mass is 9.89. The van der Waals surface area contributed by atoms with Crippen molar-refractivity contribution in [2.45, 2.75) is 6.92 Å². The molecule has 94 valence electrons. The average molecular weight is 317 g/mol. The molecule has 0 unspecified atom stereocenters. The van der Waals surface area contributed by atoms with Gasteiger partial charge in [0.05, 0.1) is 21.9 Å². The van der Waals surface area contributed by atoms with Gasteiger partial charge in [-0.2, -0.15) is 0 Å². The third kappa shape index (κ3) is 1.71. The van der Waals surface area contributed by atoms with Crippen molar-refractivity contribution in [3.63, 3.8) is 0 Å². The average Bonchev–Trinajstić information content (AvgIpc) is 2.80. The monoisotopic (exact) mass is 316 g/mol. The molecule has 1 aromatic carbocycles. The quantitative estimate of drug-likeness (QED) is 0.755. The molecule has 0 bridgehead atoms. The van der Waals surface area contributed by atoms with Gasteiger partial charge in [-0.15, -0.1) is 0 Å². The minimum atomic E-state index is -0.511. The van der Waals surface area contributed by atoms with Crippen LogP contribution in [0.4, 0.5) is 0 Å². The zero-order valence-corrected chi connectivity index (χ0v) is 11.7. The molecule has 19 heavy (non-hydrogen) atoms. The van der Waals surface area contributed by atoms with Crippen molar-refractivity contribution in [3.05, 3.63) is 59.0 Å². The van der Waals surface area contributed by atoms with Crippen LogP contribution in [0.3, 0.4) is 0 Å². The van der Waals surface area contributed by atoms with Gasteiger partial charge in [0, 0.05) is 0 Å². The molecule has 2 aromatic rings. The van der Waals surface area contributed by atoms with E-state index < -0.39 is 11.6 Å². The summed E-state index contributed by atoms with van der Waals surface area (Å²) >= 11 is 3.38.